The van der Waals surface area contributed by atoms with Gasteiger partial charge >= 0.3 is 0 Å². The minimum Gasteiger partial charge on any atom is -0.383 e. The topological polar surface area (TPSA) is 127 Å². The first kappa shape index (κ1) is 16.9. The molecule has 0 saturated heterocycles. The summed E-state index contributed by atoms with van der Waals surface area (Å²) in [6, 6.07) is 2.06. The highest BCUT2D eigenvalue weighted by atomic mass is 16.2. The van der Waals surface area contributed by atoms with E-state index in [4.69, 9.17) is 10.8 Å². The fourth-order valence-electron chi connectivity index (χ4n) is 6.32. The lowest BCUT2D eigenvalue weighted by Gasteiger charge is -2.54. The first-order valence-corrected chi connectivity index (χ1v) is 10.4. The van der Waals surface area contributed by atoms with Crippen molar-refractivity contribution in [3.05, 3.63) is 23.8 Å². The van der Waals surface area contributed by atoms with E-state index >= 15 is 0 Å². The monoisotopic (exact) mass is 392 g/mol. The van der Waals surface area contributed by atoms with E-state index in [1.165, 1.54) is 38.4 Å². The van der Waals surface area contributed by atoms with E-state index in [9.17, 15) is 4.79 Å². The number of amides is 1. The Kier molecular flexibility index (Phi) is 3.51. The molecule has 0 aliphatic heterocycles. The van der Waals surface area contributed by atoms with Gasteiger partial charge in [0.15, 0.2) is 17.2 Å². The maximum absolute atomic E-state index is 13.0. The van der Waals surface area contributed by atoms with Crippen LogP contribution in [0.15, 0.2) is 12.4 Å². The summed E-state index contributed by atoms with van der Waals surface area (Å²) >= 11 is 0. The van der Waals surface area contributed by atoms with Gasteiger partial charge in [0.1, 0.15) is 12.1 Å². The van der Waals surface area contributed by atoms with Gasteiger partial charge in [-0.2, -0.15) is 10.2 Å². The number of carbonyl (C=O) groups excluding carboxylic acids is 1. The highest BCUT2D eigenvalue weighted by Gasteiger charge is 2.50. The predicted octanol–water partition coefficient (Wildman–Crippen LogP) is 2.69. The second kappa shape index (κ2) is 6.01. The van der Waals surface area contributed by atoms with Crippen LogP contribution >= 0.6 is 0 Å². The maximum Gasteiger partial charge on any atom is 0.278 e. The van der Waals surface area contributed by atoms with Gasteiger partial charge in [-0.05, 0) is 62.7 Å². The van der Waals surface area contributed by atoms with Gasteiger partial charge in [0.25, 0.3) is 5.91 Å². The lowest BCUT2D eigenvalue weighted by Crippen LogP contribution is -2.46. The number of aryl methyl sites for hydroxylation is 1. The van der Waals surface area contributed by atoms with Crippen LogP contribution in [0.25, 0.3) is 11.0 Å². The van der Waals surface area contributed by atoms with Gasteiger partial charge in [0.05, 0.1) is 11.4 Å². The van der Waals surface area contributed by atoms with Crippen LogP contribution in [0.5, 0.6) is 0 Å². The molecule has 7 rings (SSSR count). The normalized spacial score (nSPS) is 30.2. The van der Waals surface area contributed by atoms with Crippen molar-refractivity contribution in [2.24, 2.45) is 23.7 Å². The standard InChI is InChI=1S/C20H24N8O/c1-9-2-14(26-25-9)24-20(29)16-15-18(21)22-8-23-19(15)28(27-16)17-12-4-10-3-11(6-12)7-13(17)5-10/h2,8,10-13,17H,3-7H2,1H3,(H2,21,22,23)(H2,24,25,26,29). The van der Waals surface area contributed by atoms with Gasteiger partial charge in [-0.15, -0.1) is 0 Å². The molecule has 0 spiro atoms. The summed E-state index contributed by atoms with van der Waals surface area (Å²) in [7, 11) is 0. The van der Waals surface area contributed by atoms with E-state index < -0.39 is 0 Å². The molecule has 0 atom stereocenters. The number of H-pyrrole nitrogens is 1. The van der Waals surface area contributed by atoms with E-state index in [1.54, 1.807) is 6.07 Å². The summed E-state index contributed by atoms with van der Waals surface area (Å²) in [5.41, 5.74) is 7.98. The zero-order chi connectivity index (χ0) is 19.7. The van der Waals surface area contributed by atoms with Crippen molar-refractivity contribution in [3.63, 3.8) is 0 Å². The second-order valence-electron chi connectivity index (χ2n) is 9.06. The van der Waals surface area contributed by atoms with Crippen LogP contribution in [0, 0.1) is 30.6 Å². The van der Waals surface area contributed by atoms with Crippen molar-refractivity contribution in [1.82, 2.24) is 29.9 Å². The van der Waals surface area contributed by atoms with Crippen LogP contribution in [-0.2, 0) is 0 Å². The van der Waals surface area contributed by atoms with E-state index in [-0.39, 0.29) is 23.5 Å². The van der Waals surface area contributed by atoms with Gasteiger partial charge in [0.2, 0.25) is 0 Å². The van der Waals surface area contributed by atoms with Crippen LogP contribution in [0.1, 0.15) is 54.3 Å². The largest absolute Gasteiger partial charge is 0.383 e. The summed E-state index contributed by atoms with van der Waals surface area (Å²) < 4.78 is 1.99. The SMILES string of the molecule is Cc1cc(NC(=O)c2nn(C3C4CC5CC(C4)CC3C5)c3ncnc(N)c23)n[nH]1. The molecule has 4 saturated carbocycles. The van der Waals surface area contributed by atoms with E-state index in [2.05, 4.69) is 25.5 Å². The number of rotatable bonds is 3. The van der Waals surface area contributed by atoms with E-state index in [0.29, 0.717) is 28.7 Å². The molecule has 4 N–H and O–H groups in total. The lowest BCUT2D eigenvalue weighted by atomic mass is 9.54. The fourth-order valence-corrected chi connectivity index (χ4v) is 6.32. The fraction of sp³-hybridized carbons (Fsp3) is 0.550. The zero-order valence-electron chi connectivity index (χ0n) is 16.3. The van der Waals surface area contributed by atoms with E-state index in [0.717, 1.165) is 17.5 Å². The number of fused-ring (bicyclic) bond motifs is 1. The number of nitrogen functional groups attached to an aromatic ring is 1. The highest BCUT2D eigenvalue weighted by Crippen LogP contribution is 2.58. The van der Waals surface area contributed by atoms with Crippen LogP contribution < -0.4 is 11.1 Å². The molecule has 29 heavy (non-hydrogen) atoms. The quantitative estimate of drug-likeness (QED) is 0.629. The van der Waals surface area contributed by atoms with Crippen LogP contribution in [-0.4, -0.2) is 35.9 Å². The molecular weight excluding hydrogens is 368 g/mol. The Morgan fingerprint density at radius 3 is 2.55 bits per heavy atom. The summed E-state index contributed by atoms with van der Waals surface area (Å²) in [5.74, 6) is 3.34. The molecule has 4 aliphatic carbocycles. The average molecular weight is 392 g/mol. The van der Waals surface area contributed by atoms with Crippen LogP contribution in [0.4, 0.5) is 11.6 Å². The Bertz CT molecular complexity index is 1090. The second-order valence-corrected chi connectivity index (χ2v) is 9.06. The molecule has 0 aromatic carbocycles. The summed E-state index contributed by atoms with van der Waals surface area (Å²) in [5, 5.41) is 15.0. The number of hydrogen-bond acceptors (Lipinski definition) is 6. The number of nitrogens with two attached hydrogens (primary N) is 1. The van der Waals surface area contributed by atoms with Gasteiger partial charge in [0, 0.05) is 11.8 Å². The Morgan fingerprint density at radius 1 is 1.17 bits per heavy atom. The minimum absolute atomic E-state index is 0.271. The number of nitrogens with one attached hydrogen (secondary N) is 2. The Morgan fingerprint density at radius 2 is 1.90 bits per heavy atom. The van der Waals surface area contributed by atoms with Gasteiger partial charge in [-0.1, -0.05) is 0 Å². The number of nitrogens with zero attached hydrogens (tertiary/aromatic N) is 5. The molecule has 150 valence electrons. The highest BCUT2D eigenvalue weighted by molar-refractivity contribution is 6.12. The Labute approximate surface area is 167 Å². The molecule has 0 radical (unpaired) electrons. The Hall–Kier alpha value is -2.97. The van der Waals surface area contributed by atoms with Gasteiger partial charge in [-0.3, -0.25) is 9.89 Å². The molecule has 9 nitrogen and oxygen atoms in total. The minimum atomic E-state index is -0.342. The molecule has 3 aromatic rings. The zero-order valence-corrected chi connectivity index (χ0v) is 16.3. The van der Waals surface area contributed by atoms with Crippen molar-refractivity contribution in [2.45, 2.75) is 45.1 Å². The first-order valence-electron chi connectivity index (χ1n) is 10.4. The number of aromatic amines is 1. The molecular formula is C20H24N8O. The summed E-state index contributed by atoms with van der Waals surface area (Å²) in [6.45, 7) is 1.88. The van der Waals surface area contributed by atoms with Crippen LogP contribution in [0.3, 0.4) is 0 Å². The molecule has 4 aliphatic rings. The third-order valence-corrected chi connectivity index (χ3v) is 7.14. The Balaban J connectivity index is 1.43. The third-order valence-electron chi connectivity index (χ3n) is 7.14. The molecule has 1 amide bonds. The van der Waals surface area contributed by atoms with Crippen molar-refractivity contribution in [3.8, 4) is 0 Å². The number of carbonyl (C=O) groups is 1. The maximum atomic E-state index is 13.0. The summed E-state index contributed by atoms with van der Waals surface area (Å²) in [4.78, 5) is 21.7. The number of hydrogen-bond donors (Lipinski definition) is 3. The molecule has 4 fully saturated rings. The van der Waals surface area contributed by atoms with Crippen molar-refractivity contribution >= 4 is 28.6 Å². The summed E-state index contributed by atoms with van der Waals surface area (Å²) in [6.07, 6.45) is 7.89. The molecule has 4 bridgehead atoms. The van der Waals surface area contributed by atoms with Crippen molar-refractivity contribution < 1.29 is 4.79 Å². The van der Waals surface area contributed by atoms with Gasteiger partial charge in [-0.25, -0.2) is 14.6 Å². The molecule has 3 heterocycles. The van der Waals surface area contributed by atoms with Gasteiger partial charge < -0.3 is 11.1 Å². The predicted molar refractivity (Wildman–Crippen MR) is 107 cm³/mol. The van der Waals surface area contributed by atoms with Crippen molar-refractivity contribution in [2.75, 3.05) is 11.1 Å². The number of aromatic nitrogens is 6. The smallest absolute Gasteiger partial charge is 0.278 e. The van der Waals surface area contributed by atoms with Crippen molar-refractivity contribution in [1.29, 1.82) is 0 Å². The van der Waals surface area contributed by atoms with Crippen LogP contribution in [0.2, 0.25) is 0 Å². The first-order chi connectivity index (χ1) is 14.1. The average Bonchev–Trinajstić information content (AvgIpc) is 3.26. The molecule has 9 heteroatoms. The molecule has 0 unspecified atom stereocenters. The molecule has 3 aromatic heterocycles. The third kappa shape index (κ3) is 2.56. The number of anilines is 2. The van der Waals surface area contributed by atoms with E-state index in [1.807, 2.05) is 11.6 Å². The lowest BCUT2D eigenvalue weighted by molar-refractivity contribution is -0.0322.